The highest BCUT2D eigenvalue weighted by atomic mass is 16.4. The molecule has 0 saturated carbocycles. The number of rotatable bonds is 1. The van der Waals surface area contributed by atoms with Crippen molar-refractivity contribution in [3.63, 3.8) is 0 Å². The van der Waals surface area contributed by atoms with Gasteiger partial charge < -0.3 is 5.21 Å². The Bertz CT molecular complexity index is 759. The molecule has 2 nitrogen and oxygen atoms in total. The lowest BCUT2D eigenvalue weighted by molar-refractivity contribution is 0.319. The molecule has 0 heterocycles. The lowest BCUT2D eigenvalue weighted by Gasteiger charge is -2.06. The van der Waals surface area contributed by atoms with Crippen LogP contribution in [0.25, 0.3) is 21.5 Å². The van der Waals surface area contributed by atoms with Gasteiger partial charge >= 0.3 is 0 Å². The quantitative estimate of drug-likeness (QED) is 0.291. The smallest absolute Gasteiger partial charge is 0.0837 e. The van der Waals surface area contributed by atoms with Gasteiger partial charge in [0, 0.05) is 0 Å². The third-order valence-electron chi connectivity index (χ3n) is 3.31. The van der Waals surface area contributed by atoms with Crippen molar-refractivity contribution >= 4 is 27.3 Å². The molecule has 3 aromatic carbocycles. The van der Waals surface area contributed by atoms with E-state index in [1.165, 1.54) is 21.5 Å². The van der Waals surface area contributed by atoms with Crippen molar-refractivity contribution in [1.82, 2.24) is 0 Å². The second-order valence-corrected chi connectivity index (χ2v) is 4.41. The monoisotopic (exact) mass is 235 g/mol. The SMILES string of the molecule is CC(=NO)c1ccc2ccc3ccccc3c2c1. The average Bonchev–Trinajstić information content (AvgIpc) is 2.45. The summed E-state index contributed by atoms with van der Waals surface area (Å²) in [4.78, 5) is 0. The van der Waals surface area contributed by atoms with E-state index in [1.54, 1.807) is 6.92 Å². The summed E-state index contributed by atoms with van der Waals surface area (Å²) in [6, 6.07) is 18.7. The van der Waals surface area contributed by atoms with Gasteiger partial charge in [-0.25, -0.2) is 0 Å². The molecule has 0 aliphatic carbocycles. The minimum Gasteiger partial charge on any atom is -0.411 e. The second kappa shape index (κ2) is 4.15. The van der Waals surface area contributed by atoms with E-state index in [2.05, 4.69) is 41.6 Å². The van der Waals surface area contributed by atoms with Crippen LogP contribution in [0.5, 0.6) is 0 Å². The van der Waals surface area contributed by atoms with Gasteiger partial charge in [-0.15, -0.1) is 0 Å². The molecule has 0 amide bonds. The molecule has 0 unspecified atom stereocenters. The molecule has 88 valence electrons. The Morgan fingerprint density at radius 3 is 2.33 bits per heavy atom. The standard InChI is InChI=1S/C16H13NO/c1-11(17-18)14-9-8-13-7-6-12-4-2-3-5-15(12)16(13)10-14/h2-10,18H,1H3. The fourth-order valence-electron chi connectivity index (χ4n) is 2.28. The molecule has 0 spiro atoms. The highest BCUT2D eigenvalue weighted by Gasteiger charge is 2.03. The third kappa shape index (κ3) is 1.63. The maximum absolute atomic E-state index is 8.86. The molecule has 0 saturated heterocycles. The lowest BCUT2D eigenvalue weighted by Crippen LogP contribution is -1.93. The molecule has 0 fully saturated rings. The van der Waals surface area contributed by atoms with Gasteiger partial charge in [-0.05, 0) is 40.1 Å². The normalized spacial score (nSPS) is 12.2. The summed E-state index contributed by atoms with van der Waals surface area (Å²) in [6.07, 6.45) is 0. The molecule has 0 aliphatic rings. The molecular formula is C16H13NO. The summed E-state index contributed by atoms with van der Waals surface area (Å²) in [5, 5.41) is 17.0. The van der Waals surface area contributed by atoms with Gasteiger partial charge in [0.05, 0.1) is 5.71 Å². The van der Waals surface area contributed by atoms with Gasteiger partial charge in [-0.3, -0.25) is 0 Å². The van der Waals surface area contributed by atoms with Crippen LogP contribution in [0.15, 0.2) is 59.8 Å². The van der Waals surface area contributed by atoms with E-state index in [-0.39, 0.29) is 0 Å². The first kappa shape index (κ1) is 10.8. The molecule has 3 aromatic rings. The number of benzene rings is 3. The molecule has 0 aliphatic heterocycles. The Kier molecular flexibility index (Phi) is 2.49. The summed E-state index contributed by atoms with van der Waals surface area (Å²) in [7, 11) is 0. The number of nitrogens with zero attached hydrogens (tertiary/aromatic N) is 1. The van der Waals surface area contributed by atoms with Crippen molar-refractivity contribution in [1.29, 1.82) is 0 Å². The summed E-state index contributed by atoms with van der Waals surface area (Å²) in [5.41, 5.74) is 1.58. The Balaban J connectivity index is 2.40. The van der Waals surface area contributed by atoms with Crippen LogP contribution in [0.4, 0.5) is 0 Å². The van der Waals surface area contributed by atoms with Crippen LogP contribution in [0.1, 0.15) is 12.5 Å². The van der Waals surface area contributed by atoms with Crippen LogP contribution < -0.4 is 0 Å². The average molecular weight is 235 g/mol. The van der Waals surface area contributed by atoms with Crippen molar-refractivity contribution < 1.29 is 5.21 Å². The van der Waals surface area contributed by atoms with Crippen molar-refractivity contribution in [2.24, 2.45) is 5.16 Å². The zero-order valence-corrected chi connectivity index (χ0v) is 10.1. The summed E-state index contributed by atoms with van der Waals surface area (Å²) in [5.74, 6) is 0. The molecule has 3 rings (SSSR count). The zero-order valence-electron chi connectivity index (χ0n) is 10.1. The maximum atomic E-state index is 8.86. The molecule has 2 heteroatoms. The van der Waals surface area contributed by atoms with E-state index in [4.69, 9.17) is 5.21 Å². The minimum atomic E-state index is 0.629. The Morgan fingerprint density at radius 1 is 0.889 bits per heavy atom. The van der Waals surface area contributed by atoms with Gasteiger partial charge in [0.15, 0.2) is 0 Å². The van der Waals surface area contributed by atoms with E-state index in [9.17, 15) is 0 Å². The van der Waals surface area contributed by atoms with E-state index >= 15 is 0 Å². The van der Waals surface area contributed by atoms with Crippen LogP contribution in [0, 0.1) is 0 Å². The van der Waals surface area contributed by atoms with E-state index in [0.717, 1.165) is 5.56 Å². The highest BCUT2D eigenvalue weighted by molar-refractivity contribution is 6.10. The Labute approximate surface area is 105 Å². The summed E-state index contributed by atoms with van der Waals surface area (Å²) in [6.45, 7) is 1.80. The predicted octanol–water partition coefficient (Wildman–Crippen LogP) is 4.19. The maximum Gasteiger partial charge on any atom is 0.0837 e. The van der Waals surface area contributed by atoms with Gasteiger partial charge in [0.2, 0.25) is 0 Å². The van der Waals surface area contributed by atoms with Gasteiger partial charge in [-0.1, -0.05) is 53.7 Å². The number of fused-ring (bicyclic) bond motifs is 3. The zero-order chi connectivity index (χ0) is 12.5. The van der Waals surface area contributed by atoms with Crippen molar-refractivity contribution in [2.75, 3.05) is 0 Å². The van der Waals surface area contributed by atoms with E-state index in [1.807, 2.05) is 18.2 Å². The van der Waals surface area contributed by atoms with E-state index < -0.39 is 0 Å². The molecule has 0 radical (unpaired) electrons. The Hall–Kier alpha value is -2.35. The van der Waals surface area contributed by atoms with Crippen LogP contribution >= 0.6 is 0 Å². The first-order chi connectivity index (χ1) is 8.79. The molecule has 0 atom stereocenters. The van der Waals surface area contributed by atoms with Crippen molar-refractivity contribution in [3.8, 4) is 0 Å². The topological polar surface area (TPSA) is 32.6 Å². The van der Waals surface area contributed by atoms with Crippen LogP contribution in [-0.4, -0.2) is 10.9 Å². The largest absolute Gasteiger partial charge is 0.411 e. The molecule has 18 heavy (non-hydrogen) atoms. The predicted molar refractivity (Wildman–Crippen MR) is 75.5 cm³/mol. The highest BCUT2D eigenvalue weighted by Crippen LogP contribution is 2.26. The molecule has 1 N–H and O–H groups in total. The molecular weight excluding hydrogens is 222 g/mol. The summed E-state index contributed by atoms with van der Waals surface area (Å²) < 4.78 is 0. The summed E-state index contributed by atoms with van der Waals surface area (Å²) >= 11 is 0. The number of hydrogen-bond acceptors (Lipinski definition) is 2. The fraction of sp³-hybridized carbons (Fsp3) is 0.0625. The third-order valence-corrected chi connectivity index (χ3v) is 3.31. The van der Waals surface area contributed by atoms with Gasteiger partial charge in [0.1, 0.15) is 0 Å². The fourth-order valence-corrected chi connectivity index (χ4v) is 2.28. The van der Waals surface area contributed by atoms with Gasteiger partial charge in [0.25, 0.3) is 0 Å². The van der Waals surface area contributed by atoms with Gasteiger partial charge in [-0.2, -0.15) is 0 Å². The van der Waals surface area contributed by atoms with Crippen molar-refractivity contribution in [2.45, 2.75) is 6.92 Å². The lowest BCUT2D eigenvalue weighted by atomic mass is 9.99. The van der Waals surface area contributed by atoms with Crippen LogP contribution in [0.2, 0.25) is 0 Å². The molecule has 0 bridgehead atoms. The van der Waals surface area contributed by atoms with Crippen LogP contribution in [-0.2, 0) is 0 Å². The minimum absolute atomic E-state index is 0.629. The first-order valence-corrected chi connectivity index (χ1v) is 5.90. The molecule has 0 aromatic heterocycles. The Morgan fingerprint density at radius 2 is 1.56 bits per heavy atom. The first-order valence-electron chi connectivity index (χ1n) is 5.90. The number of hydrogen-bond donors (Lipinski definition) is 1. The van der Waals surface area contributed by atoms with E-state index in [0.29, 0.717) is 5.71 Å². The van der Waals surface area contributed by atoms with Crippen molar-refractivity contribution in [3.05, 3.63) is 60.2 Å². The second-order valence-electron chi connectivity index (χ2n) is 4.41. The number of oxime groups is 1. The van der Waals surface area contributed by atoms with Crippen LogP contribution in [0.3, 0.4) is 0 Å².